The van der Waals surface area contributed by atoms with E-state index in [2.05, 4.69) is 175 Å². The molecule has 1 aliphatic carbocycles. The Morgan fingerprint density at radius 1 is 0.341 bits per heavy atom. The first kappa shape index (κ1) is 110. The number of para-hydroxylation sites is 3. The van der Waals surface area contributed by atoms with Gasteiger partial charge in [0, 0.05) is 143 Å². The average Bonchev–Trinajstić information content (AvgIpc) is 0.781. The second-order valence-electron chi connectivity index (χ2n) is 29.9. The Morgan fingerprint density at radius 2 is 0.690 bits per heavy atom. The molecule has 5 N–H and O–H groups in total. The number of aliphatic hydroxyl groups is 5. The molecule has 16 aromatic rings. The van der Waals surface area contributed by atoms with Crippen LogP contribution in [-0.2, 0) is 133 Å². The first-order chi connectivity index (χ1) is 59.8. The number of pyridine rings is 3. The summed E-state index contributed by atoms with van der Waals surface area (Å²) >= 11 is 0. The topological polar surface area (TPSA) is 243 Å². The molecule has 1 unspecified atom stereocenters. The molecule has 0 amide bonds. The summed E-state index contributed by atoms with van der Waals surface area (Å²) in [6, 6.07) is 116. The largest absolute Gasteiger partial charge is 0.513 e. The van der Waals surface area contributed by atoms with Crippen molar-refractivity contribution in [3.05, 3.63) is 404 Å². The minimum atomic E-state index is -0.537. The van der Waals surface area contributed by atoms with Crippen molar-refractivity contribution < 1.29 is 140 Å². The molecule has 20 heteroatoms. The van der Waals surface area contributed by atoms with E-state index >= 15 is 0 Å². The SMILES string of the molecule is CC(=O)C=C(C)O.CC(=O)C=C(C)O.CC(=O)C=C(C)O.CC(C)(C)c1c[c-]c(-c2nccc3ccccc23)cc1.CC(O)=CC(C)O.[Ir].[Ir].[Ir].[Ir].[Ir].[c-]1ccccc1-c1ccc2ccccc2n1.[c-]1ccccc1-c1nc2c(nc1-c1ccccc1)CCCC2.[c-]1ccccc1-c1nc2ccccc2nc1-c1ccccc1.[c-]1ccccc1-c1nccc2ccccc12. The molecule has 5 aromatic heterocycles. The summed E-state index contributed by atoms with van der Waals surface area (Å²) in [6.07, 6.45) is 12.5. The molecular weight excluding hydrogens is 2500 g/mol. The van der Waals surface area contributed by atoms with Crippen LogP contribution >= 0.6 is 0 Å². The van der Waals surface area contributed by atoms with Crippen LogP contribution in [0.2, 0.25) is 0 Å². The van der Waals surface area contributed by atoms with Crippen molar-refractivity contribution in [2.45, 2.75) is 113 Å². The number of carbonyl (C=O) groups is 3. The number of aliphatic hydroxyl groups excluding tert-OH is 5. The standard InChI is InChI=1S/C20H17N2.C20H13N2.C19H18N.2C15H10N.C5H10O2.3C5H8O2.5Ir/c2*1-3-9-15(10-4-1)19-20(16-11-5-2-6-12-16)22-18-14-8-7-13-17(18)21-19;1-19(2,3)16-10-8-15(9-11-16)18-17-7-5-4-6-14(17)12-13-20-18;1-2-7-13(8-3-1)15-14-9-5-4-6-12(14)10-11-16-15;1-2-6-12(7-3-1)15-11-10-13-8-4-5-9-14(13)16-15;4*1-4(6)3-5(2)7;;;;;/h1-6,9-11H,7-8,13-14H2;1-11,13-14H;4-8,10-13H,1-3H3;1-7,9-11H;1-6,8-11H;3-4,6-7H,1-2H3;3*3,6H,1-2H3;;;;;/q5*-1;;;;;;;;;. The summed E-state index contributed by atoms with van der Waals surface area (Å²) < 4.78 is 0. The van der Waals surface area contributed by atoms with Crippen LogP contribution in [0.3, 0.4) is 0 Å². The van der Waals surface area contributed by atoms with Crippen LogP contribution in [0.1, 0.15) is 106 Å². The summed E-state index contributed by atoms with van der Waals surface area (Å²) in [5.41, 5.74) is 20.6. The van der Waals surface area contributed by atoms with Crippen molar-refractivity contribution in [1.82, 2.24) is 34.9 Å². The van der Waals surface area contributed by atoms with Gasteiger partial charge in [-0.25, -0.2) is 0 Å². The van der Waals surface area contributed by atoms with Gasteiger partial charge < -0.3 is 35.5 Å². The number of nitrogens with zero attached hydrogens (tertiary/aromatic N) is 7. The maximum atomic E-state index is 10.0. The van der Waals surface area contributed by atoms with Crippen LogP contribution in [0, 0.1) is 30.3 Å². The fraction of sp³-hybridized carbons (Fsp3) is 0.156. The van der Waals surface area contributed by atoms with Crippen LogP contribution in [0.15, 0.2) is 357 Å². The van der Waals surface area contributed by atoms with Crippen molar-refractivity contribution in [1.29, 1.82) is 0 Å². The third-order valence-electron chi connectivity index (χ3n) is 18.3. The number of fused-ring (bicyclic) bond motifs is 5. The molecule has 129 heavy (non-hydrogen) atoms. The Bertz CT molecular complexity index is 6020. The summed E-state index contributed by atoms with van der Waals surface area (Å²) in [5, 5.41) is 47.9. The Balaban J connectivity index is 0.000000313. The van der Waals surface area contributed by atoms with Gasteiger partial charge in [0.05, 0.1) is 68.5 Å². The van der Waals surface area contributed by atoms with E-state index in [0.717, 1.165) is 114 Å². The number of carbonyl (C=O) groups excluding carboxylic acids is 3. The van der Waals surface area contributed by atoms with Gasteiger partial charge in [-0.2, -0.15) is 0 Å². The monoisotopic (exact) mass is 2600 g/mol. The van der Waals surface area contributed by atoms with Crippen LogP contribution in [0.5, 0.6) is 0 Å². The van der Waals surface area contributed by atoms with E-state index in [4.69, 9.17) is 45.5 Å². The van der Waals surface area contributed by atoms with E-state index in [1.165, 1.54) is 124 Å². The van der Waals surface area contributed by atoms with Gasteiger partial charge in [-0.05, 0) is 178 Å². The van der Waals surface area contributed by atoms with Gasteiger partial charge in [-0.3, -0.25) is 39.3 Å². The van der Waals surface area contributed by atoms with Crippen molar-refractivity contribution in [2.24, 2.45) is 0 Å². The van der Waals surface area contributed by atoms with Gasteiger partial charge in [-0.1, -0.05) is 172 Å². The molecule has 0 fully saturated rings. The van der Waals surface area contributed by atoms with Gasteiger partial charge in [0.15, 0.2) is 17.3 Å². The zero-order valence-electron chi connectivity index (χ0n) is 73.4. The molecule has 1 atom stereocenters. The molecule has 5 radical (unpaired) electrons. The molecule has 17 rings (SSSR count). The Hall–Kier alpha value is -11.6. The summed E-state index contributed by atoms with van der Waals surface area (Å²) in [7, 11) is 0. The van der Waals surface area contributed by atoms with Crippen molar-refractivity contribution in [3.8, 4) is 78.8 Å². The maximum Gasteiger partial charge on any atom is 0.155 e. The van der Waals surface area contributed by atoms with Crippen molar-refractivity contribution in [2.75, 3.05) is 0 Å². The van der Waals surface area contributed by atoms with Crippen molar-refractivity contribution in [3.63, 3.8) is 0 Å². The third kappa shape index (κ3) is 36.5. The van der Waals surface area contributed by atoms with Gasteiger partial charge in [-0.15, -0.1) is 179 Å². The molecular formula is C109H102Ir5N7O8-5. The number of benzene rings is 11. The summed E-state index contributed by atoms with van der Waals surface area (Å²) in [6.45, 7) is 18.3. The van der Waals surface area contributed by atoms with Crippen LogP contribution in [0.25, 0.3) is 122 Å². The molecule has 5 heterocycles. The van der Waals surface area contributed by atoms with Gasteiger partial charge in [0.2, 0.25) is 0 Å². The van der Waals surface area contributed by atoms with E-state index < -0.39 is 6.10 Å². The molecule has 0 saturated heterocycles. The first-order valence-electron chi connectivity index (χ1n) is 40.7. The summed E-state index contributed by atoms with van der Waals surface area (Å²) in [5.74, 6) is -0.0255. The van der Waals surface area contributed by atoms with Gasteiger partial charge in [0.25, 0.3) is 0 Å². The molecule has 0 aliphatic heterocycles. The van der Waals surface area contributed by atoms with Gasteiger partial charge >= 0.3 is 0 Å². The molecule has 11 aromatic carbocycles. The smallest absolute Gasteiger partial charge is 0.155 e. The summed E-state index contributed by atoms with van der Waals surface area (Å²) in [4.78, 5) is 63.3. The molecule has 1 aliphatic rings. The minimum absolute atomic E-state index is 0. The second kappa shape index (κ2) is 57.4. The van der Waals surface area contributed by atoms with E-state index in [9.17, 15) is 14.4 Å². The fourth-order valence-electron chi connectivity index (χ4n) is 12.8. The second-order valence-corrected chi connectivity index (χ2v) is 29.9. The number of hydrogen-bond acceptors (Lipinski definition) is 15. The predicted octanol–water partition coefficient (Wildman–Crippen LogP) is 25.6. The Labute approximate surface area is 825 Å². The zero-order valence-corrected chi connectivity index (χ0v) is 85.4. The van der Waals surface area contributed by atoms with E-state index in [1.54, 1.807) is 6.92 Å². The maximum absolute atomic E-state index is 10.0. The predicted molar refractivity (Wildman–Crippen MR) is 504 cm³/mol. The van der Waals surface area contributed by atoms with E-state index in [-0.39, 0.29) is 146 Å². The number of ketones is 3. The normalized spacial score (nSPS) is 11.3. The molecule has 15 nitrogen and oxygen atoms in total. The molecule has 0 spiro atoms. The number of aromatic nitrogens is 7. The van der Waals surface area contributed by atoms with E-state index in [0.29, 0.717) is 0 Å². The third-order valence-corrected chi connectivity index (χ3v) is 18.3. The first-order valence-corrected chi connectivity index (χ1v) is 40.7. The van der Waals surface area contributed by atoms with Crippen LogP contribution < -0.4 is 0 Å². The molecule has 0 saturated carbocycles. The number of aryl methyl sites for hydroxylation is 2. The zero-order chi connectivity index (χ0) is 88.8. The molecule has 0 bridgehead atoms. The van der Waals surface area contributed by atoms with Crippen molar-refractivity contribution >= 4 is 60.8 Å². The quantitative estimate of drug-likeness (QED) is 0.0459. The number of allylic oxidation sites excluding steroid dienone is 7. The van der Waals surface area contributed by atoms with E-state index in [1.807, 2.05) is 200 Å². The minimum Gasteiger partial charge on any atom is -0.513 e. The van der Waals surface area contributed by atoms with Crippen LogP contribution in [-0.4, -0.2) is 83.9 Å². The average molecular weight is 2600 g/mol. The Morgan fingerprint density at radius 3 is 1.05 bits per heavy atom. The number of hydrogen-bond donors (Lipinski definition) is 5. The van der Waals surface area contributed by atoms with Gasteiger partial charge in [0.1, 0.15) is 0 Å². The number of rotatable bonds is 11. The Kier molecular flexibility index (Phi) is 48.8. The fourth-order valence-corrected chi connectivity index (χ4v) is 12.8. The van der Waals surface area contributed by atoms with Crippen LogP contribution in [0.4, 0.5) is 0 Å². The molecule has 671 valence electrons.